The lowest BCUT2D eigenvalue weighted by atomic mass is 9.72. The molecule has 0 aliphatic carbocycles. The van der Waals surface area contributed by atoms with Gasteiger partial charge in [0, 0.05) is 83.0 Å². The summed E-state index contributed by atoms with van der Waals surface area (Å²) in [6, 6.07) is 10.6. The van der Waals surface area contributed by atoms with E-state index in [1.54, 1.807) is 7.11 Å². The third-order valence-corrected chi connectivity index (χ3v) is 15.5. The number of methoxy groups -OCH3 is 1. The molecular weight excluding hydrogens is 763 g/mol. The summed E-state index contributed by atoms with van der Waals surface area (Å²) in [6.07, 6.45) is 0.984. The second-order valence-corrected chi connectivity index (χ2v) is 18.1. The molecule has 15 heteroatoms. The normalized spacial score (nSPS) is 32.6. The first-order valence-corrected chi connectivity index (χ1v) is 20.8. The first-order chi connectivity index (χ1) is 27.9. The van der Waals surface area contributed by atoms with Gasteiger partial charge in [0.1, 0.15) is 29.2 Å². The number of nitrogens with one attached hydrogen (secondary N) is 1. The number of fused-ring (bicyclic) bond motifs is 11. The Morgan fingerprint density at radius 2 is 1.95 bits per heavy atom. The number of nitrogens with two attached hydrogens (primary N) is 1. The van der Waals surface area contributed by atoms with Crippen LogP contribution in [0.15, 0.2) is 34.7 Å². The minimum atomic E-state index is -1.46. The van der Waals surface area contributed by atoms with Gasteiger partial charge in [-0.2, -0.15) is 5.26 Å². The molecule has 3 unspecified atom stereocenters. The smallest absolute Gasteiger partial charge is 0.335 e. The highest BCUT2D eigenvalue weighted by atomic mass is 32.2. The largest absolute Gasteiger partial charge is 0.504 e. The summed E-state index contributed by atoms with van der Waals surface area (Å²) in [5.41, 5.74) is 9.29. The summed E-state index contributed by atoms with van der Waals surface area (Å²) in [5, 5.41) is 27.7. The molecule has 0 saturated carbocycles. The van der Waals surface area contributed by atoms with Crippen molar-refractivity contribution in [3.8, 4) is 34.8 Å². The maximum Gasteiger partial charge on any atom is 0.335 e. The molecule has 0 amide bonds. The molecule has 3 fully saturated rings. The van der Waals surface area contributed by atoms with Crippen LogP contribution in [0.3, 0.4) is 0 Å². The predicted octanol–water partition coefficient (Wildman–Crippen LogP) is 4.79. The van der Waals surface area contributed by atoms with E-state index >= 15 is 4.79 Å². The number of piperazine rings is 1. The maximum absolute atomic E-state index is 15.1. The number of aromatic hydroxyl groups is 1. The van der Waals surface area contributed by atoms with Crippen LogP contribution in [-0.2, 0) is 31.8 Å². The maximum atomic E-state index is 15.1. The molecule has 300 valence electrons. The van der Waals surface area contributed by atoms with Crippen LogP contribution in [0.2, 0.25) is 0 Å². The minimum absolute atomic E-state index is 0.0551. The van der Waals surface area contributed by atoms with Crippen LogP contribution in [0.5, 0.6) is 28.7 Å². The van der Waals surface area contributed by atoms with Crippen molar-refractivity contribution >= 4 is 34.7 Å². The highest BCUT2D eigenvalue weighted by molar-refractivity contribution is 7.99. The highest BCUT2D eigenvalue weighted by Crippen LogP contribution is 2.71. The van der Waals surface area contributed by atoms with Crippen LogP contribution in [0.25, 0.3) is 11.0 Å². The van der Waals surface area contributed by atoms with E-state index in [2.05, 4.69) is 34.2 Å². The van der Waals surface area contributed by atoms with Crippen molar-refractivity contribution in [2.45, 2.75) is 86.6 Å². The zero-order valence-electron chi connectivity index (χ0n) is 32.8. The van der Waals surface area contributed by atoms with E-state index in [0.29, 0.717) is 70.4 Å². The van der Waals surface area contributed by atoms with E-state index in [1.807, 2.05) is 38.1 Å². The van der Waals surface area contributed by atoms with Gasteiger partial charge >= 0.3 is 11.9 Å². The van der Waals surface area contributed by atoms with Gasteiger partial charge in [-0.3, -0.25) is 19.9 Å². The van der Waals surface area contributed by atoms with E-state index < -0.39 is 51.9 Å². The van der Waals surface area contributed by atoms with E-state index in [4.69, 9.17) is 33.8 Å². The van der Waals surface area contributed by atoms with E-state index in [1.165, 1.54) is 18.7 Å². The topological polar surface area (TPSA) is 182 Å². The van der Waals surface area contributed by atoms with E-state index in [0.717, 1.165) is 27.6 Å². The summed E-state index contributed by atoms with van der Waals surface area (Å²) in [6.45, 7) is 7.71. The number of phenolic OH excluding ortho intramolecular Hbond substituents is 1. The standard InChI is InChI=1S/C43H43N5O9S/c1-19-10-25-28(33(50)34(19)52-5)31-32-38-30-29(37-36(54-18-55-37)20(2)35(30)56-21(3)49)26(48(32)42(15-45)14-41(25,4)47(31)16-42)13-53-40(51)43(17-58-38)39-24(11-22(12-44)46-43)23-8-6-7-9-27(23)57-39/h6-10,22,26,31-32,38,46,50H,11-14,16-18,44H2,1-5H3/t22-,26+,31-,32?,38-,41?,42?,43-/m1/s1. The van der Waals surface area contributed by atoms with E-state index in [-0.39, 0.29) is 37.5 Å². The van der Waals surface area contributed by atoms with Crippen LogP contribution in [-0.4, -0.2) is 83.8 Å². The van der Waals surface area contributed by atoms with Crippen LogP contribution in [0.4, 0.5) is 0 Å². The molecule has 4 aromatic rings. The molecule has 4 N–H and O–H groups in total. The van der Waals surface area contributed by atoms with Crippen LogP contribution in [0.1, 0.15) is 82.3 Å². The molecule has 9 heterocycles. The summed E-state index contributed by atoms with van der Waals surface area (Å²) in [4.78, 5) is 32.8. The molecule has 4 bridgehead atoms. The Morgan fingerprint density at radius 3 is 2.71 bits per heavy atom. The number of esters is 2. The van der Waals surface area contributed by atoms with Gasteiger partial charge in [-0.05, 0) is 50.5 Å². The number of carbonyl (C=O) groups excluding carboxylic acids is 2. The number of thioether (sulfide) groups is 1. The van der Waals surface area contributed by atoms with E-state index in [9.17, 15) is 15.2 Å². The van der Waals surface area contributed by atoms with Gasteiger partial charge in [0.25, 0.3) is 0 Å². The number of furan rings is 1. The Labute approximate surface area is 338 Å². The van der Waals surface area contributed by atoms with Crippen molar-refractivity contribution in [3.63, 3.8) is 0 Å². The number of rotatable bonds is 3. The van der Waals surface area contributed by atoms with Gasteiger partial charge in [0.2, 0.25) is 6.79 Å². The number of phenols is 1. The lowest BCUT2D eigenvalue weighted by Crippen LogP contribution is -2.67. The SMILES string of the molecule is COc1c(C)cc2c(c1O)[C@@H]1C3[C@@H]4SC[C@]5(N[C@@H](CN)Cc6c5oc5ccccc65)C(=O)OC[C@@H](c5c6c(c(C)c(OC(C)=O)c54)OCO6)N3C3(C#N)CN1C2(C)C3. The summed E-state index contributed by atoms with van der Waals surface area (Å²) in [7, 11) is 1.56. The van der Waals surface area contributed by atoms with Gasteiger partial charge in [0.05, 0.1) is 30.5 Å². The molecular formula is C43H43N5O9S. The lowest BCUT2D eigenvalue weighted by molar-refractivity contribution is -0.158. The summed E-state index contributed by atoms with van der Waals surface area (Å²) >= 11 is 1.51. The highest BCUT2D eigenvalue weighted by Gasteiger charge is 2.72. The van der Waals surface area contributed by atoms with Gasteiger partial charge in [0.15, 0.2) is 28.5 Å². The van der Waals surface area contributed by atoms with Crippen molar-refractivity contribution < 1.29 is 42.8 Å². The molecule has 3 aromatic carbocycles. The average Bonchev–Trinajstić information content (AvgIpc) is 3.96. The number of aryl methyl sites for hydroxylation is 1. The monoisotopic (exact) mass is 805 g/mol. The van der Waals surface area contributed by atoms with Crippen LogP contribution < -0.4 is 30.0 Å². The zero-order valence-corrected chi connectivity index (χ0v) is 33.6. The molecule has 8 aliphatic rings. The first-order valence-electron chi connectivity index (χ1n) is 19.7. The fourth-order valence-electron chi connectivity index (χ4n) is 11.9. The van der Waals surface area contributed by atoms with Crippen LogP contribution in [0, 0.1) is 25.2 Å². The average molecular weight is 806 g/mol. The Kier molecular flexibility index (Phi) is 7.50. The molecule has 3 saturated heterocycles. The predicted molar refractivity (Wildman–Crippen MR) is 210 cm³/mol. The number of carbonyl (C=O) groups is 2. The molecule has 1 aromatic heterocycles. The molecule has 58 heavy (non-hydrogen) atoms. The number of para-hydroxylation sites is 1. The van der Waals surface area contributed by atoms with Gasteiger partial charge in [-0.15, -0.1) is 11.8 Å². The number of hydrogen-bond donors (Lipinski definition) is 3. The van der Waals surface area contributed by atoms with Crippen molar-refractivity contribution in [1.82, 2.24) is 15.1 Å². The molecule has 12 rings (SSSR count). The quantitative estimate of drug-likeness (QED) is 0.190. The number of nitrogens with zero attached hydrogens (tertiary/aromatic N) is 3. The Morgan fingerprint density at radius 1 is 1.16 bits per heavy atom. The molecule has 1 spiro atoms. The first kappa shape index (κ1) is 36.1. The fraction of sp³-hybridized carbons (Fsp3) is 0.465. The van der Waals surface area contributed by atoms with Crippen LogP contribution >= 0.6 is 11.8 Å². The second kappa shape index (κ2) is 12.0. The summed E-state index contributed by atoms with van der Waals surface area (Å²) in [5.74, 6) is 1.33. The summed E-state index contributed by atoms with van der Waals surface area (Å²) < 4.78 is 37.6. The molecule has 8 aliphatic heterocycles. The van der Waals surface area contributed by atoms with Crippen molar-refractivity contribution in [2.24, 2.45) is 5.73 Å². The number of nitriles is 1. The van der Waals surface area contributed by atoms with Crippen molar-refractivity contribution in [1.29, 1.82) is 5.26 Å². The van der Waals surface area contributed by atoms with Crippen molar-refractivity contribution in [3.05, 3.63) is 75.0 Å². The Hall–Kier alpha value is -4.98. The minimum Gasteiger partial charge on any atom is -0.504 e. The number of hydrogen-bond acceptors (Lipinski definition) is 15. The Balaban J connectivity index is 1.20. The third kappa shape index (κ3) is 4.31. The zero-order chi connectivity index (χ0) is 40.2. The number of benzene rings is 3. The van der Waals surface area contributed by atoms with Gasteiger partial charge < -0.3 is 38.9 Å². The lowest BCUT2D eigenvalue weighted by Gasteiger charge is -2.58. The van der Waals surface area contributed by atoms with Gasteiger partial charge in [-0.1, -0.05) is 18.2 Å². The molecule has 8 atom stereocenters. The third-order valence-electron chi connectivity index (χ3n) is 14.0. The van der Waals surface area contributed by atoms with Gasteiger partial charge in [-0.25, -0.2) is 4.79 Å². The molecule has 0 radical (unpaired) electrons. The Bertz CT molecular complexity index is 2570. The molecule has 14 nitrogen and oxygen atoms in total. The number of ether oxygens (including phenoxy) is 5. The second-order valence-electron chi connectivity index (χ2n) is 17.0. The fourth-order valence-corrected chi connectivity index (χ4v) is 13.5. The van der Waals surface area contributed by atoms with Crippen molar-refractivity contribution in [2.75, 3.05) is 39.4 Å².